The molecule has 0 N–H and O–H groups in total. The fourth-order valence-corrected chi connectivity index (χ4v) is 4.02. The van der Waals surface area contributed by atoms with Crippen molar-refractivity contribution in [3.8, 4) is 11.3 Å². The summed E-state index contributed by atoms with van der Waals surface area (Å²) >= 11 is 0. The van der Waals surface area contributed by atoms with Gasteiger partial charge in [-0.3, -0.25) is 0 Å². The lowest BCUT2D eigenvalue weighted by Gasteiger charge is -2.29. The van der Waals surface area contributed by atoms with Crippen LogP contribution in [0.3, 0.4) is 0 Å². The van der Waals surface area contributed by atoms with Gasteiger partial charge in [0.1, 0.15) is 0 Å². The molecule has 3 aromatic rings. The van der Waals surface area contributed by atoms with Crippen molar-refractivity contribution in [2.24, 2.45) is 0 Å². The molecule has 1 aromatic heterocycles. The van der Waals surface area contributed by atoms with Gasteiger partial charge in [0.25, 0.3) is 0 Å². The van der Waals surface area contributed by atoms with Crippen LogP contribution in [-0.2, 0) is 13.1 Å². The molecule has 4 rings (SSSR count). The molecular weight excluding hydrogens is 292 g/mol. The van der Waals surface area contributed by atoms with Crippen LogP contribution in [0, 0.1) is 0 Å². The second-order valence-corrected chi connectivity index (χ2v) is 6.98. The number of hydrogen-bond acceptors (Lipinski definition) is 1. The van der Waals surface area contributed by atoms with Crippen LogP contribution in [0.1, 0.15) is 29.7 Å². The molecule has 0 bridgehead atoms. The Hall–Kier alpha value is -2.32. The summed E-state index contributed by atoms with van der Waals surface area (Å²) in [6.07, 6.45) is 0. The quantitative estimate of drug-likeness (QED) is 0.677. The Morgan fingerprint density at radius 3 is 2.33 bits per heavy atom. The van der Waals surface area contributed by atoms with E-state index in [4.69, 9.17) is 0 Å². The Morgan fingerprint density at radius 1 is 0.958 bits per heavy atom. The maximum absolute atomic E-state index is 2.54. The number of nitrogens with zero attached hydrogens (tertiary/aromatic N) is 2. The molecule has 2 nitrogen and oxygen atoms in total. The van der Waals surface area contributed by atoms with Gasteiger partial charge in [0.2, 0.25) is 0 Å². The molecule has 0 saturated heterocycles. The Kier molecular flexibility index (Phi) is 3.99. The van der Waals surface area contributed by atoms with E-state index in [1.54, 1.807) is 0 Å². The van der Waals surface area contributed by atoms with E-state index in [2.05, 4.69) is 90.2 Å². The van der Waals surface area contributed by atoms with E-state index in [9.17, 15) is 0 Å². The van der Waals surface area contributed by atoms with E-state index in [-0.39, 0.29) is 0 Å². The summed E-state index contributed by atoms with van der Waals surface area (Å²) in [7, 11) is 2.22. The van der Waals surface area contributed by atoms with Gasteiger partial charge in [-0.15, -0.1) is 0 Å². The minimum absolute atomic E-state index is 0.555. The zero-order valence-corrected chi connectivity index (χ0v) is 14.4. The van der Waals surface area contributed by atoms with E-state index in [1.165, 1.54) is 28.1 Å². The summed E-state index contributed by atoms with van der Waals surface area (Å²) in [6, 6.07) is 24.0. The average Bonchev–Trinajstić information content (AvgIpc) is 2.95. The van der Waals surface area contributed by atoms with Crippen molar-refractivity contribution < 1.29 is 0 Å². The van der Waals surface area contributed by atoms with Gasteiger partial charge in [0.15, 0.2) is 0 Å². The first-order valence-corrected chi connectivity index (χ1v) is 8.72. The summed E-state index contributed by atoms with van der Waals surface area (Å²) in [5.74, 6) is 0.555. The largest absolute Gasteiger partial charge is 0.340 e. The third-order valence-corrected chi connectivity index (χ3v) is 4.97. The highest BCUT2D eigenvalue weighted by Gasteiger charge is 2.26. The zero-order valence-electron chi connectivity index (χ0n) is 14.4. The fourth-order valence-electron chi connectivity index (χ4n) is 4.02. The van der Waals surface area contributed by atoms with Crippen LogP contribution in [0.2, 0.25) is 0 Å². The van der Waals surface area contributed by atoms with Crippen LogP contribution < -0.4 is 0 Å². The molecule has 0 amide bonds. The summed E-state index contributed by atoms with van der Waals surface area (Å²) in [6.45, 7) is 5.46. The standard InChI is InChI=1S/C22H24N2/c1-17-14-23(2)16-20-13-21(19-11-7-4-8-12-19)24(22(17)20)15-18-9-5-3-6-10-18/h3-13,17H,14-16H2,1-2H3. The third kappa shape index (κ3) is 2.78. The van der Waals surface area contributed by atoms with E-state index in [0.29, 0.717) is 5.92 Å². The van der Waals surface area contributed by atoms with Gasteiger partial charge in [0.05, 0.1) is 0 Å². The lowest BCUT2D eigenvalue weighted by atomic mass is 9.98. The molecule has 1 unspecified atom stereocenters. The zero-order chi connectivity index (χ0) is 16.5. The molecular formula is C22H24N2. The van der Waals surface area contributed by atoms with Crippen molar-refractivity contribution in [2.45, 2.75) is 25.9 Å². The highest BCUT2D eigenvalue weighted by Crippen LogP contribution is 2.35. The molecule has 122 valence electrons. The molecule has 1 aliphatic rings. The highest BCUT2D eigenvalue weighted by molar-refractivity contribution is 5.63. The third-order valence-electron chi connectivity index (χ3n) is 4.97. The molecule has 2 heterocycles. The molecule has 2 aromatic carbocycles. The lowest BCUT2D eigenvalue weighted by Crippen LogP contribution is -2.30. The summed E-state index contributed by atoms with van der Waals surface area (Å²) in [4.78, 5) is 2.43. The van der Waals surface area contributed by atoms with Crippen molar-refractivity contribution in [1.29, 1.82) is 0 Å². The Labute approximate surface area is 144 Å². The lowest BCUT2D eigenvalue weighted by molar-refractivity contribution is 0.282. The first-order chi connectivity index (χ1) is 11.7. The average molecular weight is 316 g/mol. The number of likely N-dealkylation sites (N-methyl/N-ethyl adjacent to an activating group) is 1. The molecule has 1 aliphatic heterocycles. The molecule has 0 spiro atoms. The maximum atomic E-state index is 2.54. The van der Waals surface area contributed by atoms with Crippen LogP contribution in [0.4, 0.5) is 0 Å². The number of fused-ring (bicyclic) bond motifs is 1. The van der Waals surface area contributed by atoms with Crippen LogP contribution >= 0.6 is 0 Å². The number of benzene rings is 2. The Balaban J connectivity index is 1.85. The molecule has 0 aliphatic carbocycles. The number of hydrogen-bond donors (Lipinski definition) is 0. The fraction of sp³-hybridized carbons (Fsp3) is 0.273. The van der Waals surface area contributed by atoms with Gasteiger partial charge in [-0.1, -0.05) is 67.6 Å². The first-order valence-electron chi connectivity index (χ1n) is 8.72. The topological polar surface area (TPSA) is 8.17 Å². The second-order valence-electron chi connectivity index (χ2n) is 6.98. The van der Waals surface area contributed by atoms with E-state index >= 15 is 0 Å². The minimum atomic E-state index is 0.555. The predicted molar refractivity (Wildman–Crippen MR) is 100 cm³/mol. The van der Waals surface area contributed by atoms with Crippen LogP contribution in [0.15, 0.2) is 66.7 Å². The molecule has 1 atom stereocenters. The van der Waals surface area contributed by atoms with Crippen LogP contribution in [0.25, 0.3) is 11.3 Å². The number of rotatable bonds is 3. The van der Waals surface area contributed by atoms with Gasteiger partial charge in [-0.25, -0.2) is 0 Å². The van der Waals surface area contributed by atoms with Crippen molar-refractivity contribution in [1.82, 2.24) is 9.47 Å². The molecule has 0 fully saturated rings. The first kappa shape index (κ1) is 15.2. The molecule has 0 saturated carbocycles. The Bertz CT molecular complexity index is 818. The smallest absolute Gasteiger partial charge is 0.0489 e. The summed E-state index contributed by atoms with van der Waals surface area (Å²) in [5, 5.41) is 0. The van der Waals surface area contributed by atoms with Gasteiger partial charge in [-0.2, -0.15) is 0 Å². The van der Waals surface area contributed by atoms with E-state index in [0.717, 1.165) is 19.6 Å². The SMILES string of the molecule is CC1CN(C)Cc2cc(-c3ccccc3)n(Cc3ccccc3)c21. The normalized spacial score (nSPS) is 17.7. The van der Waals surface area contributed by atoms with Crippen molar-refractivity contribution in [3.63, 3.8) is 0 Å². The van der Waals surface area contributed by atoms with Gasteiger partial charge in [-0.05, 0) is 29.8 Å². The monoisotopic (exact) mass is 316 g/mol. The molecule has 2 heteroatoms. The summed E-state index contributed by atoms with van der Waals surface area (Å²) < 4.78 is 2.54. The maximum Gasteiger partial charge on any atom is 0.0489 e. The van der Waals surface area contributed by atoms with E-state index < -0.39 is 0 Å². The molecule has 0 radical (unpaired) electrons. The second kappa shape index (κ2) is 6.29. The minimum Gasteiger partial charge on any atom is -0.340 e. The van der Waals surface area contributed by atoms with Gasteiger partial charge >= 0.3 is 0 Å². The van der Waals surface area contributed by atoms with Gasteiger partial charge in [0, 0.05) is 36.9 Å². The highest BCUT2D eigenvalue weighted by atomic mass is 15.1. The van der Waals surface area contributed by atoms with E-state index in [1.807, 2.05) is 0 Å². The molecule has 24 heavy (non-hydrogen) atoms. The Morgan fingerprint density at radius 2 is 1.62 bits per heavy atom. The van der Waals surface area contributed by atoms with Crippen molar-refractivity contribution in [2.75, 3.05) is 13.6 Å². The van der Waals surface area contributed by atoms with Crippen molar-refractivity contribution >= 4 is 0 Å². The van der Waals surface area contributed by atoms with Crippen LogP contribution in [0.5, 0.6) is 0 Å². The van der Waals surface area contributed by atoms with Crippen molar-refractivity contribution in [3.05, 3.63) is 83.6 Å². The predicted octanol–water partition coefficient (Wildman–Crippen LogP) is 4.75. The summed E-state index contributed by atoms with van der Waals surface area (Å²) in [5.41, 5.74) is 6.99. The number of aromatic nitrogens is 1. The van der Waals surface area contributed by atoms with Crippen LogP contribution in [-0.4, -0.2) is 23.1 Å². The van der Waals surface area contributed by atoms with Gasteiger partial charge < -0.3 is 9.47 Å².